The maximum Gasteiger partial charge on any atom is 0.273 e. The lowest BCUT2D eigenvalue weighted by Gasteiger charge is -2.12. The van der Waals surface area contributed by atoms with E-state index < -0.39 is 17.6 Å². The number of rotatable bonds is 5. The molecular formula is C24H18FIN6O2. The van der Waals surface area contributed by atoms with Gasteiger partial charge in [0.15, 0.2) is 0 Å². The van der Waals surface area contributed by atoms with Gasteiger partial charge in [-0.1, -0.05) is 12.1 Å². The van der Waals surface area contributed by atoms with E-state index in [0.29, 0.717) is 20.9 Å². The number of amides is 2. The SMILES string of the molecule is Cc1ccc(C(=O)NNC(=O)c2c(F)cccc2I)cc1Nc1nccc(-c2cccnc2)n1. The molecule has 8 nitrogen and oxygen atoms in total. The second kappa shape index (κ2) is 10.3. The van der Waals surface area contributed by atoms with Crippen LogP contribution in [0, 0.1) is 16.3 Å². The Morgan fingerprint density at radius 3 is 2.56 bits per heavy atom. The van der Waals surface area contributed by atoms with Crippen molar-refractivity contribution >= 4 is 46.0 Å². The molecule has 4 aromatic rings. The topological polar surface area (TPSA) is 109 Å². The minimum Gasteiger partial charge on any atom is -0.324 e. The third kappa shape index (κ3) is 5.34. The van der Waals surface area contributed by atoms with E-state index in [9.17, 15) is 14.0 Å². The Bertz CT molecular complexity index is 1350. The van der Waals surface area contributed by atoms with Crippen LogP contribution in [-0.2, 0) is 0 Å². The fourth-order valence-corrected chi connectivity index (χ4v) is 3.79. The molecule has 2 amide bonds. The summed E-state index contributed by atoms with van der Waals surface area (Å²) in [5.41, 5.74) is 7.73. The van der Waals surface area contributed by atoms with E-state index in [1.807, 2.05) is 41.6 Å². The molecule has 34 heavy (non-hydrogen) atoms. The zero-order valence-corrected chi connectivity index (χ0v) is 20.0. The Balaban J connectivity index is 1.48. The van der Waals surface area contributed by atoms with Crippen molar-refractivity contribution in [2.75, 3.05) is 5.32 Å². The lowest BCUT2D eigenvalue weighted by molar-refractivity contribution is 0.0843. The van der Waals surface area contributed by atoms with Gasteiger partial charge < -0.3 is 5.32 Å². The minimum absolute atomic E-state index is 0.139. The first-order chi connectivity index (χ1) is 16.4. The molecule has 0 aliphatic heterocycles. The van der Waals surface area contributed by atoms with Crippen LogP contribution in [0.5, 0.6) is 0 Å². The van der Waals surface area contributed by atoms with Gasteiger partial charge in [0.2, 0.25) is 5.95 Å². The molecule has 0 bridgehead atoms. The molecule has 0 aliphatic rings. The zero-order chi connectivity index (χ0) is 24.1. The summed E-state index contributed by atoms with van der Waals surface area (Å²) in [6.45, 7) is 1.87. The largest absolute Gasteiger partial charge is 0.324 e. The second-order valence-corrected chi connectivity index (χ2v) is 8.33. The summed E-state index contributed by atoms with van der Waals surface area (Å²) >= 11 is 1.86. The maximum atomic E-state index is 14.0. The smallest absolute Gasteiger partial charge is 0.273 e. The molecule has 2 aromatic heterocycles. The predicted octanol–water partition coefficient (Wildman–Crippen LogP) is 4.41. The molecule has 4 rings (SSSR count). The second-order valence-electron chi connectivity index (χ2n) is 7.17. The van der Waals surface area contributed by atoms with Crippen LogP contribution in [0.25, 0.3) is 11.3 Å². The van der Waals surface area contributed by atoms with Crippen molar-refractivity contribution in [2.24, 2.45) is 0 Å². The van der Waals surface area contributed by atoms with Gasteiger partial charge in [-0.3, -0.25) is 25.4 Å². The number of hydrogen-bond acceptors (Lipinski definition) is 6. The van der Waals surface area contributed by atoms with Crippen molar-refractivity contribution in [1.29, 1.82) is 0 Å². The number of anilines is 2. The van der Waals surface area contributed by atoms with E-state index in [1.165, 1.54) is 12.1 Å². The first kappa shape index (κ1) is 23.2. The van der Waals surface area contributed by atoms with Crippen LogP contribution in [-0.4, -0.2) is 26.8 Å². The Morgan fingerprint density at radius 1 is 0.971 bits per heavy atom. The third-order valence-electron chi connectivity index (χ3n) is 4.84. The Kier molecular flexibility index (Phi) is 7.07. The van der Waals surface area contributed by atoms with Crippen molar-refractivity contribution in [1.82, 2.24) is 25.8 Å². The van der Waals surface area contributed by atoms with Gasteiger partial charge in [-0.05, 0) is 77.5 Å². The summed E-state index contributed by atoms with van der Waals surface area (Å²) in [5.74, 6) is -1.63. The number of hydrazine groups is 1. The number of carbonyl (C=O) groups is 2. The zero-order valence-electron chi connectivity index (χ0n) is 17.8. The Labute approximate surface area is 208 Å². The molecule has 3 N–H and O–H groups in total. The molecule has 2 heterocycles. The summed E-state index contributed by atoms with van der Waals surface area (Å²) < 4.78 is 14.4. The summed E-state index contributed by atoms with van der Waals surface area (Å²) in [6, 6.07) is 14.8. The van der Waals surface area contributed by atoms with Crippen molar-refractivity contribution < 1.29 is 14.0 Å². The van der Waals surface area contributed by atoms with Crippen molar-refractivity contribution in [3.63, 3.8) is 0 Å². The number of carbonyl (C=O) groups excluding carboxylic acids is 2. The van der Waals surface area contributed by atoms with Crippen molar-refractivity contribution in [3.8, 4) is 11.3 Å². The minimum atomic E-state index is -0.748. The highest BCUT2D eigenvalue weighted by Gasteiger charge is 2.17. The van der Waals surface area contributed by atoms with Crippen molar-refractivity contribution in [2.45, 2.75) is 6.92 Å². The van der Waals surface area contributed by atoms with Crippen LogP contribution in [0.2, 0.25) is 0 Å². The van der Waals surface area contributed by atoms with Gasteiger partial charge in [0.1, 0.15) is 5.82 Å². The average molecular weight is 568 g/mol. The van der Waals surface area contributed by atoms with E-state index in [4.69, 9.17) is 0 Å². The summed E-state index contributed by atoms with van der Waals surface area (Å²) in [4.78, 5) is 37.8. The van der Waals surface area contributed by atoms with E-state index in [1.54, 1.807) is 48.9 Å². The van der Waals surface area contributed by atoms with Crippen LogP contribution < -0.4 is 16.2 Å². The van der Waals surface area contributed by atoms with Crippen LogP contribution in [0.1, 0.15) is 26.3 Å². The van der Waals surface area contributed by atoms with Crippen molar-refractivity contribution in [3.05, 3.63) is 99.3 Å². The number of halogens is 2. The van der Waals surface area contributed by atoms with E-state index >= 15 is 0 Å². The average Bonchev–Trinajstić information content (AvgIpc) is 2.84. The number of benzene rings is 2. The van der Waals surface area contributed by atoms with E-state index in [0.717, 1.165) is 11.1 Å². The molecule has 0 saturated carbocycles. The molecular weight excluding hydrogens is 550 g/mol. The Hall–Kier alpha value is -3.93. The number of aryl methyl sites for hydroxylation is 1. The molecule has 0 spiro atoms. The Morgan fingerprint density at radius 2 is 1.79 bits per heavy atom. The molecule has 2 aromatic carbocycles. The third-order valence-corrected chi connectivity index (χ3v) is 5.74. The van der Waals surface area contributed by atoms with Gasteiger partial charge in [-0.15, -0.1) is 0 Å². The monoisotopic (exact) mass is 568 g/mol. The molecule has 170 valence electrons. The highest BCUT2D eigenvalue weighted by Crippen LogP contribution is 2.22. The fourth-order valence-electron chi connectivity index (χ4n) is 3.08. The van der Waals surface area contributed by atoms with Crippen LogP contribution in [0.4, 0.5) is 16.0 Å². The molecule has 0 saturated heterocycles. The first-order valence-electron chi connectivity index (χ1n) is 10.1. The van der Waals surface area contributed by atoms with Gasteiger partial charge >= 0.3 is 0 Å². The van der Waals surface area contributed by atoms with Gasteiger partial charge in [-0.25, -0.2) is 14.4 Å². The van der Waals surface area contributed by atoms with Gasteiger partial charge in [0.05, 0.1) is 11.3 Å². The number of nitrogens with one attached hydrogen (secondary N) is 3. The van der Waals surface area contributed by atoms with Crippen LogP contribution in [0.3, 0.4) is 0 Å². The number of pyridine rings is 1. The molecule has 0 atom stereocenters. The molecule has 0 aliphatic carbocycles. The summed E-state index contributed by atoms with van der Waals surface area (Å²) in [7, 11) is 0. The predicted molar refractivity (Wildman–Crippen MR) is 134 cm³/mol. The lowest BCUT2D eigenvalue weighted by Crippen LogP contribution is -2.42. The normalized spacial score (nSPS) is 10.4. The first-order valence-corrected chi connectivity index (χ1v) is 11.2. The number of hydrogen-bond donors (Lipinski definition) is 3. The van der Waals surface area contributed by atoms with E-state index in [-0.39, 0.29) is 11.1 Å². The molecule has 10 heteroatoms. The van der Waals surface area contributed by atoms with Gasteiger partial charge in [0.25, 0.3) is 11.8 Å². The standard InChI is InChI=1S/C24H18FIN6O2/c1-14-7-8-15(22(33)31-32-23(34)21-17(25)5-2-6-18(21)26)12-20(14)30-24-28-11-9-19(29-24)16-4-3-10-27-13-16/h2-13H,1H3,(H,31,33)(H,32,34)(H,28,29,30). The van der Waals surface area contributed by atoms with Gasteiger partial charge in [-0.2, -0.15) is 0 Å². The van der Waals surface area contributed by atoms with E-state index in [2.05, 4.69) is 31.1 Å². The highest BCUT2D eigenvalue weighted by molar-refractivity contribution is 14.1. The number of aromatic nitrogens is 3. The molecule has 0 unspecified atom stereocenters. The number of nitrogens with zero attached hydrogens (tertiary/aromatic N) is 3. The van der Waals surface area contributed by atoms with Crippen LogP contribution >= 0.6 is 22.6 Å². The van der Waals surface area contributed by atoms with Crippen LogP contribution in [0.15, 0.2) is 73.2 Å². The fraction of sp³-hybridized carbons (Fsp3) is 0.0417. The summed E-state index contributed by atoms with van der Waals surface area (Å²) in [6.07, 6.45) is 5.02. The molecule has 0 fully saturated rings. The highest BCUT2D eigenvalue weighted by atomic mass is 127. The maximum absolute atomic E-state index is 14.0. The lowest BCUT2D eigenvalue weighted by atomic mass is 10.1. The summed E-state index contributed by atoms with van der Waals surface area (Å²) in [5, 5.41) is 3.12. The molecule has 0 radical (unpaired) electrons. The van der Waals surface area contributed by atoms with Gasteiger partial charge in [0, 0.05) is 39.0 Å². The quantitative estimate of drug-likeness (QED) is 0.243.